The standard InChI is InChI=1S/C13H15Br2NO2/c1-2-10-8-18-6-5-16(10)13(17)11-4-3-9(14)7-12(11)15/h3-4,7,10H,2,5-6,8H2,1H3. The Balaban J connectivity index is 2.24. The van der Waals surface area contributed by atoms with Gasteiger partial charge >= 0.3 is 0 Å². The van der Waals surface area contributed by atoms with Crippen molar-refractivity contribution < 1.29 is 9.53 Å². The Labute approximate surface area is 124 Å². The van der Waals surface area contributed by atoms with Crippen molar-refractivity contribution in [3.8, 4) is 0 Å². The number of benzene rings is 1. The molecule has 98 valence electrons. The summed E-state index contributed by atoms with van der Waals surface area (Å²) in [6, 6.07) is 5.81. The zero-order valence-corrected chi connectivity index (χ0v) is 13.3. The quantitative estimate of drug-likeness (QED) is 0.790. The van der Waals surface area contributed by atoms with Crippen LogP contribution in [-0.4, -0.2) is 36.6 Å². The third kappa shape index (κ3) is 2.95. The highest BCUT2D eigenvalue weighted by Gasteiger charge is 2.27. The summed E-state index contributed by atoms with van der Waals surface area (Å²) in [6.45, 7) is 4.00. The molecule has 3 nitrogen and oxygen atoms in total. The van der Waals surface area contributed by atoms with Crippen molar-refractivity contribution in [2.45, 2.75) is 19.4 Å². The topological polar surface area (TPSA) is 29.5 Å². The van der Waals surface area contributed by atoms with E-state index < -0.39 is 0 Å². The molecule has 1 aliphatic rings. The van der Waals surface area contributed by atoms with E-state index >= 15 is 0 Å². The van der Waals surface area contributed by atoms with Gasteiger partial charge in [0.1, 0.15) is 0 Å². The number of amides is 1. The number of morpholine rings is 1. The minimum Gasteiger partial charge on any atom is -0.377 e. The minimum absolute atomic E-state index is 0.0736. The second-order valence-electron chi connectivity index (χ2n) is 4.26. The molecule has 0 spiro atoms. The fraction of sp³-hybridized carbons (Fsp3) is 0.462. The first-order valence-corrected chi connectivity index (χ1v) is 7.56. The Morgan fingerprint density at radius 1 is 1.50 bits per heavy atom. The molecule has 1 saturated heterocycles. The summed E-state index contributed by atoms with van der Waals surface area (Å²) >= 11 is 6.84. The van der Waals surface area contributed by atoms with Crippen LogP contribution in [0, 0.1) is 0 Å². The lowest BCUT2D eigenvalue weighted by atomic mass is 10.1. The summed E-state index contributed by atoms with van der Waals surface area (Å²) in [7, 11) is 0. The van der Waals surface area contributed by atoms with E-state index in [1.54, 1.807) is 0 Å². The van der Waals surface area contributed by atoms with Gasteiger partial charge in [-0.05, 0) is 40.5 Å². The second-order valence-corrected chi connectivity index (χ2v) is 6.03. The molecule has 0 N–H and O–H groups in total. The SMILES string of the molecule is CCC1COCCN1C(=O)c1ccc(Br)cc1Br. The molecule has 1 amide bonds. The summed E-state index contributed by atoms with van der Waals surface area (Å²) < 4.78 is 7.21. The molecule has 0 radical (unpaired) electrons. The van der Waals surface area contributed by atoms with Gasteiger partial charge in [0.25, 0.3) is 5.91 Å². The molecule has 0 bridgehead atoms. The van der Waals surface area contributed by atoms with Crippen LogP contribution in [0.4, 0.5) is 0 Å². The molecule has 2 rings (SSSR count). The van der Waals surface area contributed by atoms with Gasteiger partial charge in [-0.2, -0.15) is 0 Å². The highest BCUT2D eigenvalue weighted by Crippen LogP contribution is 2.24. The van der Waals surface area contributed by atoms with Crippen LogP contribution in [0.3, 0.4) is 0 Å². The van der Waals surface area contributed by atoms with Gasteiger partial charge in [-0.1, -0.05) is 22.9 Å². The molecule has 0 aromatic heterocycles. The minimum atomic E-state index is 0.0736. The van der Waals surface area contributed by atoms with Crippen molar-refractivity contribution in [3.05, 3.63) is 32.7 Å². The molecule has 1 aliphatic heterocycles. The van der Waals surface area contributed by atoms with Crippen molar-refractivity contribution >= 4 is 37.8 Å². The van der Waals surface area contributed by atoms with E-state index in [4.69, 9.17) is 4.74 Å². The molecule has 1 aromatic carbocycles. The largest absolute Gasteiger partial charge is 0.377 e. The van der Waals surface area contributed by atoms with Crippen LogP contribution in [0.25, 0.3) is 0 Å². The van der Waals surface area contributed by atoms with Crippen molar-refractivity contribution in [1.29, 1.82) is 0 Å². The fourth-order valence-corrected chi connectivity index (χ4v) is 3.29. The Morgan fingerprint density at radius 2 is 2.28 bits per heavy atom. The average Bonchev–Trinajstić information content (AvgIpc) is 2.38. The van der Waals surface area contributed by atoms with Gasteiger partial charge < -0.3 is 9.64 Å². The van der Waals surface area contributed by atoms with Gasteiger partial charge in [0.15, 0.2) is 0 Å². The lowest BCUT2D eigenvalue weighted by molar-refractivity contribution is -0.00284. The first-order chi connectivity index (χ1) is 8.63. The molecule has 0 saturated carbocycles. The lowest BCUT2D eigenvalue weighted by Crippen LogP contribution is -2.48. The molecular formula is C13H15Br2NO2. The molecule has 1 unspecified atom stereocenters. The summed E-state index contributed by atoms with van der Waals surface area (Å²) in [6.07, 6.45) is 0.917. The normalized spacial score (nSPS) is 19.9. The summed E-state index contributed by atoms with van der Waals surface area (Å²) in [5, 5.41) is 0. The van der Waals surface area contributed by atoms with E-state index in [1.807, 2.05) is 23.1 Å². The third-order valence-electron chi connectivity index (χ3n) is 3.12. The first-order valence-electron chi connectivity index (χ1n) is 5.97. The smallest absolute Gasteiger partial charge is 0.255 e. The number of rotatable bonds is 2. The molecule has 1 fully saturated rings. The number of halogens is 2. The van der Waals surface area contributed by atoms with E-state index in [0.29, 0.717) is 25.3 Å². The Hall–Kier alpha value is -0.390. The van der Waals surface area contributed by atoms with Crippen LogP contribution in [-0.2, 0) is 4.74 Å². The Morgan fingerprint density at radius 3 is 2.94 bits per heavy atom. The summed E-state index contributed by atoms with van der Waals surface area (Å²) in [5.41, 5.74) is 0.707. The van der Waals surface area contributed by atoms with E-state index in [9.17, 15) is 4.79 Å². The maximum atomic E-state index is 12.5. The van der Waals surface area contributed by atoms with Crippen molar-refractivity contribution in [2.24, 2.45) is 0 Å². The second kappa shape index (κ2) is 6.17. The summed E-state index contributed by atoms with van der Waals surface area (Å²) in [5.74, 6) is 0.0736. The lowest BCUT2D eigenvalue weighted by Gasteiger charge is -2.35. The predicted octanol–water partition coefficient (Wildman–Crippen LogP) is 3.46. The first kappa shape index (κ1) is 14.0. The van der Waals surface area contributed by atoms with Crippen LogP contribution in [0.1, 0.15) is 23.7 Å². The zero-order chi connectivity index (χ0) is 13.1. The molecule has 0 aliphatic carbocycles. The van der Waals surface area contributed by atoms with Crippen LogP contribution < -0.4 is 0 Å². The fourth-order valence-electron chi connectivity index (χ4n) is 2.08. The number of ether oxygens (including phenoxy) is 1. The van der Waals surface area contributed by atoms with Gasteiger partial charge in [-0.25, -0.2) is 0 Å². The number of carbonyl (C=O) groups is 1. The number of hydrogen-bond acceptors (Lipinski definition) is 2. The van der Waals surface area contributed by atoms with Gasteiger partial charge in [0.05, 0.1) is 24.8 Å². The van der Waals surface area contributed by atoms with Crippen LogP contribution in [0.15, 0.2) is 27.1 Å². The Kier molecular flexibility index (Phi) is 4.81. The van der Waals surface area contributed by atoms with Gasteiger partial charge in [-0.3, -0.25) is 4.79 Å². The molecular weight excluding hydrogens is 362 g/mol. The summed E-state index contributed by atoms with van der Waals surface area (Å²) in [4.78, 5) is 14.4. The predicted molar refractivity (Wildman–Crippen MR) is 77.8 cm³/mol. The van der Waals surface area contributed by atoms with Gasteiger partial charge in [0.2, 0.25) is 0 Å². The molecule has 18 heavy (non-hydrogen) atoms. The maximum absolute atomic E-state index is 12.5. The van der Waals surface area contributed by atoms with E-state index in [0.717, 1.165) is 15.4 Å². The monoisotopic (exact) mass is 375 g/mol. The van der Waals surface area contributed by atoms with Crippen molar-refractivity contribution in [2.75, 3.05) is 19.8 Å². The molecule has 1 aromatic rings. The van der Waals surface area contributed by atoms with Crippen LogP contribution in [0.5, 0.6) is 0 Å². The zero-order valence-electron chi connectivity index (χ0n) is 10.2. The molecule has 5 heteroatoms. The third-order valence-corrected chi connectivity index (χ3v) is 4.27. The number of carbonyl (C=O) groups excluding carboxylic acids is 1. The molecule has 1 heterocycles. The number of nitrogens with zero attached hydrogens (tertiary/aromatic N) is 1. The molecule has 1 atom stereocenters. The van der Waals surface area contributed by atoms with Crippen molar-refractivity contribution in [3.63, 3.8) is 0 Å². The van der Waals surface area contributed by atoms with Crippen LogP contribution in [0.2, 0.25) is 0 Å². The van der Waals surface area contributed by atoms with Gasteiger partial charge in [0, 0.05) is 15.5 Å². The van der Waals surface area contributed by atoms with E-state index in [-0.39, 0.29) is 11.9 Å². The average molecular weight is 377 g/mol. The maximum Gasteiger partial charge on any atom is 0.255 e. The van der Waals surface area contributed by atoms with Gasteiger partial charge in [-0.15, -0.1) is 0 Å². The van der Waals surface area contributed by atoms with E-state index in [2.05, 4.69) is 38.8 Å². The van der Waals surface area contributed by atoms with Crippen LogP contribution >= 0.6 is 31.9 Å². The highest BCUT2D eigenvalue weighted by molar-refractivity contribution is 9.11. The Bertz CT molecular complexity index is 451. The van der Waals surface area contributed by atoms with E-state index in [1.165, 1.54) is 0 Å². The highest BCUT2D eigenvalue weighted by atomic mass is 79.9. The number of hydrogen-bond donors (Lipinski definition) is 0. The van der Waals surface area contributed by atoms with Crippen molar-refractivity contribution in [1.82, 2.24) is 4.90 Å².